The van der Waals surface area contributed by atoms with E-state index < -0.39 is 91.5 Å². The average Bonchev–Trinajstić information content (AvgIpc) is 3.44. The Morgan fingerprint density at radius 1 is 0.358 bits per heavy atom. The number of hydrogen-bond donors (Lipinski definition) is 4. The molecule has 0 aromatic carbocycles. The molecule has 0 bridgehead atoms. The molecule has 0 aromatic rings. The maximum atomic E-state index is 12.8. The lowest BCUT2D eigenvalue weighted by Crippen LogP contribution is -2.30. The number of hydrogen-bond acceptors (Lipinski definition) is 14. The number of ether oxygens (including phenoxy) is 3. The molecule has 0 radical (unpaired) electrons. The minimum atomic E-state index is -4.93. The number of allylic oxidation sites excluding steroid dienone is 20. The zero-order valence-electron chi connectivity index (χ0n) is 49.4. The van der Waals surface area contributed by atoms with Crippen LogP contribution >= 0.6 is 15.6 Å². The molecule has 0 aliphatic carbocycles. The summed E-state index contributed by atoms with van der Waals surface area (Å²) in [5.41, 5.74) is 0. The van der Waals surface area contributed by atoms with Crippen LogP contribution in [0.1, 0.15) is 201 Å². The van der Waals surface area contributed by atoms with Gasteiger partial charge < -0.3 is 34.2 Å². The van der Waals surface area contributed by atoms with E-state index in [0.29, 0.717) is 32.1 Å². The zero-order valence-corrected chi connectivity index (χ0v) is 51.2. The van der Waals surface area contributed by atoms with Gasteiger partial charge in [0.2, 0.25) is 0 Å². The SMILES string of the molecule is CC/C=C\C/C=C\C/C=C\C/C=C\C/C=C\CCCC(=O)OCC(O)COP(=O)(O)OCC(O)COP(=O)(O)OCC(COC(=O)CCC/C=C\C/C=C\C/C=C\C/C=C\C/C=C\CC)OC(=O)CCCCCCCCCCCCC. The van der Waals surface area contributed by atoms with Gasteiger partial charge in [0.25, 0.3) is 0 Å². The Morgan fingerprint density at radius 3 is 1.02 bits per heavy atom. The van der Waals surface area contributed by atoms with E-state index in [1.54, 1.807) is 0 Å². The van der Waals surface area contributed by atoms with Crippen molar-refractivity contribution in [3.05, 3.63) is 122 Å². The summed E-state index contributed by atoms with van der Waals surface area (Å²) in [6, 6.07) is 0. The van der Waals surface area contributed by atoms with Crippen molar-refractivity contribution in [1.29, 1.82) is 0 Å². The van der Waals surface area contributed by atoms with Crippen LogP contribution in [-0.4, -0.2) is 95.9 Å². The van der Waals surface area contributed by atoms with Crippen LogP contribution in [-0.2, 0) is 55.8 Å². The van der Waals surface area contributed by atoms with Crippen LogP contribution in [0.5, 0.6) is 0 Å². The maximum absolute atomic E-state index is 12.8. The van der Waals surface area contributed by atoms with Crippen molar-refractivity contribution in [3.63, 3.8) is 0 Å². The first-order valence-corrected chi connectivity index (χ1v) is 32.8. The maximum Gasteiger partial charge on any atom is 0.472 e. The largest absolute Gasteiger partial charge is 0.472 e. The number of phosphoric acid groups is 2. The third kappa shape index (κ3) is 57.6. The predicted octanol–water partition coefficient (Wildman–Crippen LogP) is 15.5. The number of aliphatic hydroxyl groups excluding tert-OH is 2. The van der Waals surface area contributed by atoms with Crippen LogP contribution in [0.25, 0.3) is 0 Å². The Labute approximate surface area is 487 Å². The minimum Gasteiger partial charge on any atom is -0.463 e. The van der Waals surface area contributed by atoms with E-state index in [-0.39, 0.29) is 19.3 Å². The monoisotopic (exact) mass is 1180 g/mol. The first-order valence-electron chi connectivity index (χ1n) is 29.8. The van der Waals surface area contributed by atoms with E-state index >= 15 is 0 Å². The number of esters is 3. The quantitative estimate of drug-likeness (QED) is 0.0146. The second-order valence-corrected chi connectivity index (χ2v) is 22.3. The minimum absolute atomic E-state index is 0.0892. The van der Waals surface area contributed by atoms with E-state index in [2.05, 4.69) is 118 Å². The van der Waals surface area contributed by atoms with Gasteiger partial charge in [-0.2, -0.15) is 0 Å². The van der Waals surface area contributed by atoms with E-state index in [0.717, 1.165) is 89.9 Å². The van der Waals surface area contributed by atoms with E-state index in [1.165, 1.54) is 38.5 Å². The van der Waals surface area contributed by atoms with Crippen LogP contribution in [0.15, 0.2) is 122 Å². The normalized spacial score (nSPS) is 15.3. The van der Waals surface area contributed by atoms with Gasteiger partial charge in [-0.15, -0.1) is 0 Å². The second kappa shape index (κ2) is 56.4. The van der Waals surface area contributed by atoms with Crippen molar-refractivity contribution < 1.29 is 75.8 Å². The van der Waals surface area contributed by atoms with Gasteiger partial charge in [-0.25, -0.2) is 9.13 Å². The van der Waals surface area contributed by atoms with Crippen LogP contribution in [0, 0.1) is 0 Å². The molecule has 5 atom stereocenters. The van der Waals surface area contributed by atoms with Gasteiger partial charge in [-0.1, -0.05) is 206 Å². The molecule has 18 heteroatoms. The van der Waals surface area contributed by atoms with Gasteiger partial charge in [0.05, 0.1) is 26.4 Å². The first kappa shape index (κ1) is 77.0. The summed E-state index contributed by atoms with van der Waals surface area (Å²) in [6.45, 7) is 2.24. The van der Waals surface area contributed by atoms with Crippen molar-refractivity contribution in [1.82, 2.24) is 0 Å². The Balaban J connectivity index is 4.77. The number of rotatable bonds is 55. The fourth-order valence-corrected chi connectivity index (χ4v) is 8.75. The summed E-state index contributed by atoms with van der Waals surface area (Å²) in [5, 5.41) is 20.4. The summed E-state index contributed by atoms with van der Waals surface area (Å²) in [6.07, 6.45) is 61.5. The summed E-state index contributed by atoms with van der Waals surface area (Å²) in [5.74, 6) is -1.71. The highest BCUT2D eigenvalue weighted by Gasteiger charge is 2.29. The molecule has 0 aliphatic heterocycles. The topological polar surface area (TPSA) is 231 Å². The molecule has 0 fully saturated rings. The highest BCUT2D eigenvalue weighted by Crippen LogP contribution is 2.45. The van der Waals surface area contributed by atoms with Crippen molar-refractivity contribution in [3.8, 4) is 0 Å². The van der Waals surface area contributed by atoms with Gasteiger partial charge >= 0.3 is 33.6 Å². The van der Waals surface area contributed by atoms with Gasteiger partial charge in [0.1, 0.15) is 25.4 Å². The van der Waals surface area contributed by atoms with Crippen LogP contribution in [0.4, 0.5) is 0 Å². The number of carbonyl (C=O) groups excluding carboxylic acids is 3. The van der Waals surface area contributed by atoms with Crippen LogP contribution in [0.2, 0.25) is 0 Å². The predicted molar refractivity (Wildman–Crippen MR) is 325 cm³/mol. The van der Waals surface area contributed by atoms with E-state index in [4.69, 9.17) is 32.3 Å². The highest BCUT2D eigenvalue weighted by molar-refractivity contribution is 7.47. The number of phosphoric ester groups is 2. The van der Waals surface area contributed by atoms with E-state index in [1.807, 2.05) is 24.3 Å². The molecule has 0 saturated carbocycles. The molecule has 0 rings (SSSR count). The van der Waals surface area contributed by atoms with Crippen molar-refractivity contribution in [2.75, 3.05) is 39.6 Å². The molecule has 0 spiro atoms. The third-order valence-corrected chi connectivity index (χ3v) is 13.6. The zero-order chi connectivity index (χ0) is 59.6. The lowest BCUT2D eigenvalue weighted by atomic mass is 10.1. The molecule has 0 heterocycles. The second-order valence-electron chi connectivity index (χ2n) is 19.4. The first-order chi connectivity index (χ1) is 39.2. The Bertz CT molecular complexity index is 1970. The van der Waals surface area contributed by atoms with Gasteiger partial charge in [-0.3, -0.25) is 32.5 Å². The smallest absolute Gasteiger partial charge is 0.463 e. The molecule has 0 amide bonds. The van der Waals surface area contributed by atoms with E-state index in [9.17, 15) is 43.5 Å². The summed E-state index contributed by atoms with van der Waals surface area (Å²) in [7, 11) is -9.79. The highest BCUT2D eigenvalue weighted by atomic mass is 31.2. The summed E-state index contributed by atoms with van der Waals surface area (Å²) in [4.78, 5) is 58.0. The Kier molecular flexibility index (Phi) is 53.6. The van der Waals surface area contributed by atoms with Crippen LogP contribution < -0.4 is 0 Å². The van der Waals surface area contributed by atoms with Crippen molar-refractivity contribution in [2.45, 2.75) is 219 Å². The molecule has 4 N–H and O–H groups in total. The number of carbonyl (C=O) groups is 3. The third-order valence-electron chi connectivity index (χ3n) is 11.7. The molecule has 0 aliphatic rings. The molecule has 5 unspecified atom stereocenters. The lowest BCUT2D eigenvalue weighted by Gasteiger charge is -2.21. The molecular weight excluding hydrogens is 1070 g/mol. The van der Waals surface area contributed by atoms with Crippen LogP contribution in [0.3, 0.4) is 0 Å². The van der Waals surface area contributed by atoms with Gasteiger partial charge in [-0.05, 0) is 96.3 Å². The van der Waals surface area contributed by atoms with Crippen molar-refractivity contribution >= 4 is 33.6 Å². The number of aliphatic hydroxyl groups is 2. The summed E-state index contributed by atoms with van der Waals surface area (Å²) < 4.78 is 60.4. The standard InChI is InChI=1S/C63H104O16P2/c1-4-7-10-13-16-19-22-24-26-28-30-32-35-37-40-43-46-49-61(66)73-52-58(64)53-75-80(69,70)76-54-59(65)55-77-81(71,72)78-57-60(79-63(68)51-48-45-42-39-34-21-18-15-12-9-6-3)56-74-62(67)50-47-44-41-38-36-33-31-29-27-25-23-20-17-14-11-8-5-2/h7-8,10-11,16-17,19-20,24-27,30-33,37-38,40-41,58-60,64-65H,4-6,9,12-15,18,21-23,28-29,34-36,39,42-57H2,1-3H3,(H,69,70)(H,71,72)/b10-7-,11-8-,19-16-,20-17-,26-24-,27-25-,32-30-,33-31-,40-37-,41-38-. The average molecular weight is 1180 g/mol. The Morgan fingerprint density at radius 2 is 0.654 bits per heavy atom. The molecule has 81 heavy (non-hydrogen) atoms. The van der Waals surface area contributed by atoms with Gasteiger partial charge in [0.15, 0.2) is 6.10 Å². The molecular formula is C63H104O16P2. The van der Waals surface area contributed by atoms with Crippen molar-refractivity contribution in [2.24, 2.45) is 0 Å². The lowest BCUT2D eigenvalue weighted by molar-refractivity contribution is -0.161. The van der Waals surface area contributed by atoms with Gasteiger partial charge in [0, 0.05) is 19.3 Å². The molecule has 16 nitrogen and oxygen atoms in total. The fourth-order valence-electron chi connectivity index (χ4n) is 7.17. The Hall–Kier alpha value is -4.05. The molecule has 0 aromatic heterocycles. The fraction of sp³-hybridized carbons (Fsp3) is 0.635. The molecule has 0 saturated heterocycles. The summed E-state index contributed by atoms with van der Waals surface area (Å²) >= 11 is 0. The number of unbranched alkanes of at least 4 members (excludes halogenated alkanes) is 12. The molecule has 462 valence electrons.